The first-order valence-corrected chi connectivity index (χ1v) is 8.79. The van der Waals surface area contributed by atoms with Gasteiger partial charge < -0.3 is 10.6 Å². The fourth-order valence-corrected chi connectivity index (χ4v) is 3.26. The Kier molecular flexibility index (Phi) is 4.74. The lowest BCUT2D eigenvalue weighted by molar-refractivity contribution is -0.133. The van der Waals surface area contributed by atoms with Crippen molar-refractivity contribution in [3.63, 3.8) is 0 Å². The zero-order valence-electron chi connectivity index (χ0n) is 15.9. The van der Waals surface area contributed by atoms with Crippen LogP contribution in [-0.4, -0.2) is 29.3 Å². The molecule has 2 N–H and O–H groups in total. The highest BCUT2D eigenvalue weighted by atomic mass is 16.2. The molecule has 140 valence electrons. The fraction of sp³-hybridized carbons (Fsp3) is 0.286. The zero-order chi connectivity index (χ0) is 19.8. The van der Waals surface area contributed by atoms with E-state index in [-0.39, 0.29) is 6.54 Å². The maximum atomic E-state index is 12.9. The van der Waals surface area contributed by atoms with Crippen LogP contribution in [0.1, 0.15) is 29.2 Å². The first kappa shape index (κ1) is 18.6. The lowest BCUT2D eigenvalue weighted by atomic mass is 9.91. The Bertz CT molecular complexity index is 901. The molecule has 1 atom stereocenters. The van der Waals surface area contributed by atoms with Crippen molar-refractivity contribution in [2.75, 3.05) is 11.9 Å². The first-order valence-electron chi connectivity index (χ1n) is 8.79. The van der Waals surface area contributed by atoms with Crippen molar-refractivity contribution < 1.29 is 14.4 Å². The normalized spacial score (nSPS) is 19.2. The van der Waals surface area contributed by atoms with Crippen molar-refractivity contribution in [1.29, 1.82) is 0 Å². The lowest BCUT2D eigenvalue weighted by Crippen LogP contribution is -2.42. The largest absolute Gasteiger partial charge is 0.325 e. The molecule has 27 heavy (non-hydrogen) atoms. The average Bonchev–Trinajstić information content (AvgIpc) is 2.83. The number of para-hydroxylation sites is 1. The molecule has 0 saturated carbocycles. The summed E-state index contributed by atoms with van der Waals surface area (Å²) < 4.78 is 0. The summed E-state index contributed by atoms with van der Waals surface area (Å²) in [5.74, 6) is -0.850. The second kappa shape index (κ2) is 6.87. The third-order valence-electron chi connectivity index (χ3n) is 4.95. The number of nitrogens with zero attached hydrogens (tertiary/aromatic N) is 1. The molecular weight excluding hydrogens is 342 g/mol. The van der Waals surface area contributed by atoms with Crippen LogP contribution in [-0.2, 0) is 15.1 Å². The number of nitrogens with one attached hydrogen (secondary N) is 2. The van der Waals surface area contributed by atoms with Crippen molar-refractivity contribution in [3.05, 3.63) is 64.7 Å². The van der Waals surface area contributed by atoms with Gasteiger partial charge in [-0.25, -0.2) is 4.79 Å². The van der Waals surface area contributed by atoms with Gasteiger partial charge in [-0.2, -0.15) is 0 Å². The predicted molar refractivity (Wildman–Crippen MR) is 103 cm³/mol. The number of aryl methyl sites for hydroxylation is 3. The topological polar surface area (TPSA) is 78.5 Å². The van der Waals surface area contributed by atoms with E-state index >= 15 is 0 Å². The van der Waals surface area contributed by atoms with Crippen LogP contribution in [0.25, 0.3) is 0 Å². The van der Waals surface area contributed by atoms with Crippen molar-refractivity contribution in [2.45, 2.75) is 33.2 Å². The minimum atomic E-state index is -1.18. The highest BCUT2D eigenvalue weighted by Gasteiger charge is 2.49. The molecule has 0 spiro atoms. The number of anilines is 1. The standard InChI is InChI=1S/C21H23N3O3/c1-13-8-10-16(11-9-13)21(4)19(26)24(20(27)23-21)12-17(25)22-18-14(2)6-5-7-15(18)3/h5-11H,12H2,1-4H3,(H,22,25)(H,23,27)/t21-/m0/s1. The number of hydrogen-bond acceptors (Lipinski definition) is 3. The van der Waals surface area contributed by atoms with E-state index in [1.807, 2.05) is 63.2 Å². The van der Waals surface area contributed by atoms with Gasteiger partial charge in [-0.3, -0.25) is 14.5 Å². The van der Waals surface area contributed by atoms with E-state index in [4.69, 9.17) is 0 Å². The van der Waals surface area contributed by atoms with E-state index < -0.39 is 23.4 Å². The Morgan fingerprint density at radius 1 is 1.04 bits per heavy atom. The average molecular weight is 365 g/mol. The molecule has 0 unspecified atom stereocenters. The van der Waals surface area contributed by atoms with E-state index in [1.165, 1.54) is 0 Å². The Labute approximate surface area is 158 Å². The monoisotopic (exact) mass is 365 g/mol. The Morgan fingerprint density at radius 2 is 1.63 bits per heavy atom. The summed E-state index contributed by atoms with van der Waals surface area (Å²) in [7, 11) is 0. The number of benzene rings is 2. The highest BCUT2D eigenvalue weighted by molar-refractivity contribution is 6.10. The fourth-order valence-electron chi connectivity index (χ4n) is 3.26. The molecule has 1 fully saturated rings. The van der Waals surface area contributed by atoms with E-state index in [0.717, 1.165) is 21.6 Å². The summed E-state index contributed by atoms with van der Waals surface area (Å²) in [6.45, 7) is 7.06. The van der Waals surface area contributed by atoms with Gasteiger partial charge in [0, 0.05) is 5.69 Å². The van der Waals surface area contributed by atoms with Gasteiger partial charge in [-0.05, 0) is 44.4 Å². The van der Waals surface area contributed by atoms with Crippen molar-refractivity contribution in [3.8, 4) is 0 Å². The summed E-state index contributed by atoms with van der Waals surface area (Å²) in [6, 6.07) is 12.5. The third kappa shape index (κ3) is 3.43. The predicted octanol–water partition coefficient (Wildman–Crippen LogP) is 3.02. The van der Waals surface area contributed by atoms with Crippen LogP contribution in [0.5, 0.6) is 0 Å². The molecule has 1 aliphatic heterocycles. The molecule has 2 aromatic rings. The molecule has 6 nitrogen and oxygen atoms in total. The number of rotatable bonds is 4. The van der Waals surface area contributed by atoms with Crippen LogP contribution in [0.15, 0.2) is 42.5 Å². The van der Waals surface area contributed by atoms with Gasteiger partial charge >= 0.3 is 6.03 Å². The van der Waals surface area contributed by atoms with E-state index in [2.05, 4.69) is 10.6 Å². The number of hydrogen-bond donors (Lipinski definition) is 2. The molecule has 0 aliphatic carbocycles. The van der Waals surface area contributed by atoms with Crippen molar-refractivity contribution >= 4 is 23.5 Å². The zero-order valence-corrected chi connectivity index (χ0v) is 15.9. The SMILES string of the molecule is Cc1ccc([C@]2(C)NC(=O)N(CC(=O)Nc3c(C)cccc3C)C2=O)cc1. The second-order valence-corrected chi connectivity index (χ2v) is 7.13. The Balaban J connectivity index is 1.77. The van der Waals surface area contributed by atoms with Crippen LogP contribution in [0.2, 0.25) is 0 Å². The van der Waals surface area contributed by atoms with Crippen LogP contribution in [0.3, 0.4) is 0 Å². The van der Waals surface area contributed by atoms with Gasteiger partial charge in [0.25, 0.3) is 5.91 Å². The van der Waals surface area contributed by atoms with Crippen LogP contribution in [0, 0.1) is 20.8 Å². The minimum Gasteiger partial charge on any atom is -0.324 e. The Morgan fingerprint density at radius 3 is 2.22 bits per heavy atom. The number of urea groups is 1. The van der Waals surface area contributed by atoms with Crippen LogP contribution < -0.4 is 10.6 Å². The molecule has 0 radical (unpaired) electrons. The molecule has 6 heteroatoms. The van der Waals surface area contributed by atoms with E-state index in [0.29, 0.717) is 11.3 Å². The second-order valence-electron chi connectivity index (χ2n) is 7.13. The van der Waals surface area contributed by atoms with Gasteiger partial charge in [0.1, 0.15) is 12.1 Å². The van der Waals surface area contributed by atoms with Gasteiger partial charge in [0.15, 0.2) is 0 Å². The van der Waals surface area contributed by atoms with Crippen LogP contribution in [0.4, 0.5) is 10.5 Å². The third-order valence-corrected chi connectivity index (χ3v) is 4.95. The minimum absolute atomic E-state index is 0.333. The summed E-state index contributed by atoms with van der Waals surface area (Å²) in [5, 5.41) is 5.52. The number of amides is 4. The molecule has 0 aromatic heterocycles. The molecule has 2 aromatic carbocycles. The summed E-state index contributed by atoms with van der Waals surface area (Å²) in [4.78, 5) is 38.7. The summed E-state index contributed by atoms with van der Waals surface area (Å²) >= 11 is 0. The molecule has 4 amide bonds. The van der Waals surface area contributed by atoms with Gasteiger partial charge in [0.2, 0.25) is 5.91 Å². The molecule has 1 aliphatic rings. The van der Waals surface area contributed by atoms with Crippen molar-refractivity contribution in [2.24, 2.45) is 0 Å². The maximum absolute atomic E-state index is 12.9. The quantitative estimate of drug-likeness (QED) is 0.818. The van der Waals surface area contributed by atoms with E-state index in [9.17, 15) is 14.4 Å². The number of imide groups is 1. The van der Waals surface area contributed by atoms with E-state index in [1.54, 1.807) is 6.92 Å². The number of carbonyl (C=O) groups excluding carboxylic acids is 3. The first-order chi connectivity index (χ1) is 12.7. The van der Waals surface area contributed by atoms with Gasteiger partial charge in [0.05, 0.1) is 0 Å². The molecule has 3 rings (SSSR count). The summed E-state index contributed by atoms with van der Waals surface area (Å²) in [6.07, 6.45) is 0. The molecule has 0 bridgehead atoms. The summed E-state index contributed by atoms with van der Waals surface area (Å²) in [5.41, 5.74) is 3.11. The molecule has 1 heterocycles. The smallest absolute Gasteiger partial charge is 0.324 e. The molecule has 1 saturated heterocycles. The van der Waals surface area contributed by atoms with Gasteiger partial charge in [-0.15, -0.1) is 0 Å². The molecular formula is C21H23N3O3. The highest BCUT2D eigenvalue weighted by Crippen LogP contribution is 2.29. The number of carbonyl (C=O) groups is 3. The van der Waals surface area contributed by atoms with Crippen molar-refractivity contribution in [1.82, 2.24) is 10.2 Å². The maximum Gasteiger partial charge on any atom is 0.325 e. The van der Waals surface area contributed by atoms with Gasteiger partial charge in [-0.1, -0.05) is 48.0 Å². The van der Waals surface area contributed by atoms with Crippen LogP contribution >= 0.6 is 0 Å². The lowest BCUT2D eigenvalue weighted by Gasteiger charge is -2.22. The Hall–Kier alpha value is -3.15.